The highest BCUT2D eigenvalue weighted by molar-refractivity contribution is 5.76. The first-order valence-corrected chi connectivity index (χ1v) is 20.8. The molecule has 0 amide bonds. The summed E-state index contributed by atoms with van der Waals surface area (Å²) < 4.78 is 212. The van der Waals surface area contributed by atoms with E-state index in [0.29, 0.717) is 19.8 Å². The van der Waals surface area contributed by atoms with Gasteiger partial charge >= 0.3 is 48.8 Å². The molecule has 0 heterocycles. The summed E-state index contributed by atoms with van der Waals surface area (Å²) in [4.78, 5) is 35.4. The van der Waals surface area contributed by atoms with E-state index >= 15 is 0 Å². The highest BCUT2D eigenvalue weighted by Crippen LogP contribution is 2.55. The van der Waals surface area contributed by atoms with Crippen molar-refractivity contribution in [3.05, 3.63) is 0 Å². The second-order valence-electron chi connectivity index (χ2n) is 18.5. The first-order valence-electron chi connectivity index (χ1n) is 20.8. The number of aliphatic hydroxyl groups is 3. The minimum Gasteiger partial charge on any atom is -0.463 e. The third-order valence-electron chi connectivity index (χ3n) is 11.8. The van der Waals surface area contributed by atoms with Crippen LogP contribution in [0.1, 0.15) is 134 Å². The van der Waals surface area contributed by atoms with E-state index in [0.717, 1.165) is 0 Å². The highest BCUT2D eigenvalue weighted by atomic mass is 19.4. The zero-order valence-electron chi connectivity index (χ0n) is 39.0. The zero-order valence-corrected chi connectivity index (χ0v) is 39.0. The van der Waals surface area contributed by atoms with Gasteiger partial charge in [0.1, 0.15) is 25.4 Å². The Bertz CT molecular complexity index is 1500. The van der Waals surface area contributed by atoms with Gasteiger partial charge in [0.05, 0.1) is 22.9 Å². The molecule has 0 aromatic heterocycles. The summed E-state index contributed by atoms with van der Waals surface area (Å²) in [6, 6.07) is 0. The Morgan fingerprint density at radius 3 is 1.32 bits per heavy atom. The van der Waals surface area contributed by atoms with Crippen LogP contribution in [0.3, 0.4) is 0 Å². The SMILES string of the molecule is CCC(C)(C)C(=O)OC1CC(C(C)(O)C(F)(F)F)CC(C(O)(C(F)(F)F)C(F)(F)F)C1.CCC(C)(C)C(=O)OCCOCC(F)(F)F.CCC(CC(C)(O)C(F)(F)F)OC(=O)C(C)(C)CC. The van der Waals surface area contributed by atoms with Gasteiger partial charge in [-0.05, 0) is 100 Å². The number of ether oxygens (including phenoxy) is 4. The summed E-state index contributed by atoms with van der Waals surface area (Å²) in [6.45, 7) is 15.5. The average molecular weight is 1000 g/mol. The fourth-order valence-electron chi connectivity index (χ4n) is 5.48. The van der Waals surface area contributed by atoms with Crippen LogP contribution in [0.25, 0.3) is 0 Å². The van der Waals surface area contributed by atoms with E-state index in [1.807, 2.05) is 6.92 Å². The monoisotopic (exact) mass is 1000 g/mol. The summed E-state index contributed by atoms with van der Waals surface area (Å²) in [6.07, 6.45) is -32.4. The quantitative estimate of drug-likeness (QED) is 0.0556. The van der Waals surface area contributed by atoms with E-state index in [1.54, 1.807) is 48.5 Å². The molecule has 0 saturated heterocycles. The Balaban J connectivity index is 0. The van der Waals surface area contributed by atoms with Gasteiger partial charge in [-0.2, -0.15) is 65.9 Å². The Morgan fingerprint density at radius 2 is 0.955 bits per heavy atom. The van der Waals surface area contributed by atoms with Crippen LogP contribution in [0, 0.1) is 28.1 Å². The molecule has 0 radical (unpaired) electrons. The molecule has 1 aliphatic rings. The largest absolute Gasteiger partial charge is 0.463 e. The molecular weight excluding hydrogens is 937 g/mol. The molecule has 66 heavy (non-hydrogen) atoms. The van der Waals surface area contributed by atoms with Gasteiger partial charge in [-0.15, -0.1) is 0 Å². The first kappa shape index (κ1) is 65.3. The van der Waals surface area contributed by atoms with Crippen LogP contribution in [0.15, 0.2) is 0 Å². The molecule has 1 fully saturated rings. The van der Waals surface area contributed by atoms with Gasteiger partial charge in [0.15, 0.2) is 11.2 Å². The Morgan fingerprint density at radius 1 is 0.545 bits per heavy atom. The Kier molecular flexibility index (Phi) is 23.4. The van der Waals surface area contributed by atoms with Crippen LogP contribution in [0.2, 0.25) is 0 Å². The van der Waals surface area contributed by atoms with Crippen LogP contribution in [-0.2, 0) is 33.3 Å². The van der Waals surface area contributed by atoms with Crippen LogP contribution in [0.4, 0.5) is 65.9 Å². The number of rotatable bonds is 17. The molecular formula is C41H65F15O10. The van der Waals surface area contributed by atoms with Gasteiger partial charge in [0, 0.05) is 18.3 Å². The van der Waals surface area contributed by atoms with Gasteiger partial charge in [0.25, 0.3) is 5.60 Å². The lowest BCUT2D eigenvalue weighted by molar-refractivity contribution is -0.391. The highest BCUT2D eigenvalue weighted by Gasteiger charge is 2.75. The minimum atomic E-state index is -6.28. The number of halogens is 15. The van der Waals surface area contributed by atoms with E-state index in [1.165, 1.54) is 13.8 Å². The summed E-state index contributed by atoms with van der Waals surface area (Å²) >= 11 is 0. The smallest absolute Gasteiger partial charge is 0.426 e. The van der Waals surface area contributed by atoms with Gasteiger partial charge in [0.2, 0.25) is 0 Å². The Labute approximate surface area is 374 Å². The van der Waals surface area contributed by atoms with E-state index in [9.17, 15) is 95.6 Å². The van der Waals surface area contributed by atoms with E-state index in [-0.39, 0.29) is 33.0 Å². The number of hydrogen-bond acceptors (Lipinski definition) is 10. The number of carbonyl (C=O) groups is 3. The molecule has 0 spiro atoms. The molecule has 1 aliphatic carbocycles. The van der Waals surface area contributed by atoms with Crippen molar-refractivity contribution in [2.75, 3.05) is 19.8 Å². The molecule has 0 aliphatic heterocycles. The predicted molar refractivity (Wildman–Crippen MR) is 206 cm³/mol. The molecule has 25 heteroatoms. The molecule has 1 rings (SSSR count). The molecule has 0 bridgehead atoms. The van der Waals surface area contributed by atoms with Crippen LogP contribution >= 0.6 is 0 Å². The lowest BCUT2D eigenvalue weighted by Crippen LogP contribution is -2.64. The topological polar surface area (TPSA) is 149 Å². The fourth-order valence-corrected chi connectivity index (χ4v) is 5.48. The number of carbonyl (C=O) groups excluding carboxylic acids is 3. The van der Waals surface area contributed by atoms with E-state index < -0.39 is 138 Å². The number of esters is 3. The molecule has 1 saturated carbocycles. The maximum atomic E-state index is 13.3. The van der Waals surface area contributed by atoms with Crippen molar-refractivity contribution >= 4 is 17.9 Å². The number of hydrogen-bond donors (Lipinski definition) is 3. The summed E-state index contributed by atoms with van der Waals surface area (Å²) in [5.74, 6) is -7.05. The van der Waals surface area contributed by atoms with Gasteiger partial charge in [-0.1, -0.05) is 27.7 Å². The Hall–Kier alpha value is -2.80. The van der Waals surface area contributed by atoms with Crippen molar-refractivity contribution in [1.82, 2.24) is 0 Å². The molecule has 6 atom stereocenters. The van der Waals surface area contributed by atoms with E-state index in [4.69, 9.17) is 14.2 Å². The summed E-state index contributed by atoms with van der Waals surface area (Å²) in [5.41, 5.74) is -14.5. The summed E-state index contributed by atoms with van der Waals surface area (Å²) in [7, 11) is 0. The lowest BCUT2D eigenvalue weighted by atomic mass is 9.66. The van der Waals surface area contributed by atoms with Gasteiger partial charge in [-0.25, -0.2) is 0 Å². The molecule has 394 valence electrons. The molecule has 0 aromatic rings. The third kappa shape index (κ3) is 18.9. The first-order chi connectivity index (χ1) is 29.1. The lowest BCUT2D eigenvalue weighted by Gasteiger charge is -2.47. The average Bonchev–Trinajstić information content (AvgIpc) is 3.14. The predicted octanol–water partition coefficient (Wildman–Crippen LogP) is 10.9. The van der Waals surface area contributed by atoms with Crippen molar-refractivity contribution in [3.8, 4) is 0 Å². The van der Waals surface area contributed by atoms with Gasteiger partial charge in [-0.3, -0.25) is 14.4 Å². The van der Waals surface area contributed by atoms with Crippen molar-refractivity contribution in [3.63, 3.8) is 0 Å². The third-order valence-corrected chi connectivity index (χ3v) is 11.8. The zero-order chi connectivity index (χ0) is 53.1. The molecule has 6 unspecified atom stereocenters. The molecule has 0 aromatic carbocycles. The van der Waals surface area contributed by atoms with Crippen molar-refractivity contribution in [2.24, 2.45) is 28.1 Å². The molecule has 10 nitrogen and oxygen atoms in total. The van der Waals surface area contributed by atoms with E-state index in [2.05, 4.69) is 4.74 Å². The summed E-state index contributed by atoms with van der Waals surface area (Å²) in [5, 5.41) is 29.0. The maximum Gasteiger partial charge on any atom is 0.426 e. The second kappa shape index (κ2) is 23.7. The van der Waals surface area contributed by atoms with Gasteiger partial charge < -0.3 is 34.3 Å². The van der Waals surface area contributed by atoms with Crippen molar-refractivity contribution < 1.29 is 115 Å². The van der Waals surface area contributed by atoms with Crippen LogP contribution < -0.4 is 0 Å². The maximum absolute atomic E-state index is 13.3. The van der Waals surface area contributed by atoms with Crippen molar-refractivity contribution in [1.29, 1.82) is 0 Å². The minimum absolute atomic E-state index is 0.154. The second-order valence-corrected chi connectivity index (χ2v) is 18.5. The van der Waals surface area contributed by atoms with Crippen LogP contribution in [0.5, 0.6) is 0 Å². The fraction of sp³-hybridized carbons (Fsp3) is 0.927. The normalized spacial score (nSPS) is 20.5. The number of alkyl halides is 15. The van der Waals surface area contributed by atoms with Crippen LogP contribution in [-0.4, -0.2) is 113 Å². The standard InChI is InChI=1S/C18H25F9O4.C13H23F3O3.C10H17F3O3/c1-5-13(2,3)12(28)31-11-7-9(14(4,29)16(19,20)21)6-10(8-11)15(30,17(22,23)24)18(25,26)27;1-6-9(8-12(5,18)13(14,15)16)19-10(17)11(3,4)7-2;1-4-9(2,3)8(14)16-6-5-15-7-10(11,12)13/h9-11,29-30H,5-8H2,1-4H3;9,18H,6-8H2,1-5H3;4-7H2,1-3H3. The van der Waals surface area contributed by atoms with Crippen molar-refractivity contribution in [2.45, 2.75) is 194 Å². The molecule has 3 N–H and O–H groups in total.